The van der Waals surface area contributed by atoms with Crippen molar-refractivity contribution in [1.82, 2.24) is 10.8 Å². The van der Waals surface area contributed by atoms with Gasteiger partial charge in [-0.25, -0.2) is 10.3 Å². The zero-order chi connectivity index (χ0) is 24.1. The topological polar surface area (TPSA) is 134 Å². The SMILES string of the molecule is C[C@@H](CC/C=C/C(=O)NO)[C@@H](OC(=O)NC(=O)c1ccccc1)c1cccc(OCCO)c1. The lowest BCUT2D eigenvalue weighted by molar-refractivity contribution is -0.124. The van der Waals surface area contributed by atoms with Crippen molar-refractivity contribution in [2.75, 3.05) is 13.2 Å². The Bertz CT molecular complexity index is 947. The first-order chi connectivity index (χ1) is 15.9. The number of hydroxylamine groups is 1. The molecule has 0 aliphatic heterocycles. The smallest absolute Gasteiger partial charge is 0.414 e. The summed E-state index contributed by atoms with van der Waals surface area (Å²) in [6.45, 7) is 1.85. The maximum absolute atomic E-state index is 12.5. The van der Waals surface area contributed by atoms with Crippen molar-refractivity contribution in [3.05, 3.63) is 77.9 Å². The highest BCUT2D eigenvalue weighted by Gasteiger charge is 2.25. The highest BCUT2D eigenvalue weighted by molar-refractivity contribution is 6.02. The molecule has 0 fully saturated rings. The predicted molar refractivity (Wildman–Crippen MR) is 120 cm³/mol. The fourth-order valence-corrected chi connectivity index (χ4v) is 3.09. The number of carbonyl (C=O) groups is 3. The Labute approximate surface area is 192 Å². The highest BCUT2D eigenvalue weighted by atomic mass is 16.6. The summed E-state index contributed by atoms with van der Waals surface area (Å²) >= 11 is 0. The van der Waals surface area contributed by atoms with Crippen LogP contribution in [-0.2, 0) is 9.53 Å². The molecular formula is C24H28N2O7. The number of ether oxygens (including phenoxy) is 2. The summed E-state index contributed by atoms with van der Waals surface area (Å²) in [6, 6.07) is 15.2. The molecule has 0 aromatic heterocycles. The lowest BCUT2D eigenvalue weighted by atomic mass is 9.93. The molecule has 0 saturated heterocycles. The van der Waals surface area contributed by atoms with E-state index >= 15 is 0 Å². The molecule has 0 unspecified atom stereocenters. The minimum Gasteiger partial charge on any atom is -0.491 e. The van der Waals surface area contributed by atoms with Gasteiger partial charge in [0.05, 0.1) is 6.61 Å². The maximum atomic E-state index is 12.5. The van der Waals surface area contributed by atoms with E-state index in [4.69, 9.17) is 19.8 Å². The van der Waals surface area contributed by atoms with E-state index in [9.17, 15) is 14.4 Å². The molecule has 0 spiro atoms. The van der Waals surface area contributed by atoms with Crippen molar-refractivity contribution in [1.29, 1.82) is 0 Å². The summed E-state index contributed by atoms with van der Waals surface area (Å²) in [5.74, 6) is -0.909. The number of amides is 3. The molecule has 0 saturated carbocycles. The number of aliphatic hydroxyl groups excluding tert-OH is 1. The van der Waals surface area contributed by atoms with Gasteiger partial charge in [0.15, 0.2) is 0 Å². The van der Waals surface area contributed by atoms with Gasteiger partial charge in [-0.15, -0.1) is 0 Å². The first-order valence-electron chi connectivity index (χ1n) is 10.5. The number of imide groups is 1. The van der Waals surface area contributed by atoms with Crippen molar-refractivity contribution in [3.8, 4) is 5.75 Å². The molecule has 2 aromatic carbocycles. The van der Waals surface area contributed by atoms with Crippen molar-refractivity contribution in [2.45, 2.75) is 25.9 Å². The second kappa shape index (κ2) is 13.7. The number of alkyl carbamates (subject to hydrolysis) is 1. The number of carbonyl (C=O) groups excluding carboxylic acids is 3. The van der Waals surface area contributed by atoms with Gasteiger partial charge in [0.2, 0.25) is 0 Å². The molecule has 4 N–H and O–H groups in total. The number of benzene rings is 2. The molecule has 33 heavy (non-hydrogen) atoms. The molecule has 176 valence electrons. The fourth-order valence-electron chi connectivity index (χ4n) is 3.09. The van der Waals surface area contributed by atoms with Gasteiger partial charge >= 0.3 is 6.09 Å². The molecule has 9 nitrogen and oxygen atoms in total. The van der Waals surface area contributed by atoms with E-state index in [1.54, 1.807) is 60.7 Å². The second-order valence-corrected chi connectivity index (χ2v) is 7.22. The van der Waals surface area contributed by atoms with Crippen LogP contribution in [0.25, 0.3) is 0 Å². The minimum atomic E-state index is -0.891. The second-order valence-electron chi connectivity index (χ2n) is 7.22. The Balaban J connectivity index is 2.13. The molecule has 0 aliphatic carbocycles. The van der Waals surface area contributed by atoms with Gasteiger partial charge in [-0.1, -0.05) is 43.3 Å². The van der Waals surface area contributed by atoms with Crippen molar-refractivity contribution < 1.29 is 34.2 Å². The van der Waals surface area contributed by atoms with E-state index in [0.29, 0.717) is 29.7 Å². The zero-order valence-corrected chi connectivity index (χ0v) is 18.3. The number of hydrogen-bond donors (Lipinski definition) is 4. The van der Waals surface area contributed by atoms with Gasteiger partial charge in [-0.2, -0.15) is 0 Å². The predicted octanol–water partition coefficient (Wildman–Crippen LogP) is 3.14. The lowest BCUT2D eigenvalue weighted by Gasteiger charge is -2.25. The molecular weight excluding hydrogens is 428 g/mol. The van der Waals surface area contributed by atoms with E-state index in [1.165, 1.54) is 11.6 Å². The number of aliphatic hydroxyl groups is 1. The normalized spacial score (nSPS) is 12.6. The van der Waals surface area contributed by atoms with Gasteiger partial charge in [0.1, 0.15) is 18.5 Å². The fraction of sp³-hybridized carbons (Fsp3) is 0.292. The third-order valence-corrected chi connectivity index (χ3v) is 4.72. The van der Waals surface area contributed by atoms with E-state index < -0.39 is 24.0 Å². The van der Waals surface area contributed by atoms with Crippen molar-refractivity contribution in [2.24, 2.45) is 5.92 Å². The molecule has 2 aromatic rings. The van der Waals surface area contributed by atoms with Crippen LogP contribution in [0.3, 0.4) is 0 Å². The monoisotopic (exact) mass is 456 g/mol. The van der Waals surface area contributed by atoms with Gasteiger partial charge in [-0.05, 0) is 48.6 Å². The van der Waals surface area contributed by atoms with Crippen LogP contribution >= 0.6 is 0 Å². The quantitative estimate of drug-likeness (QED) is 0.232. The van der Waals surface area contributed by atoms with Crippen LogP contribution in [0.2, 0.25) is 0 Å². The summed E-state index contributed by atoms with van der Waals surface area (Å²) in [7, 11) is 0. The van der Waals surface area contributed by atoms with Crippen LogP contribution in [0.5, 0.6) is 5.75 Å². The molecule has 0 radical (unpaired) electrons. The van der Waals surface area contributed by atoms with Gasteiger partial charge in [0, 0.05) is 11.6 Å². The average molecular weight is 456 g/mol. The van der Waals surface area contributed by atoms with Crippen LogP contribution in [0.4, 0.5) is 4.79 Å². The molecule has 0 heterocycles. The first kappa shape index (κ1) is 25.6. The molecule has 0 aliphatic rings. The Hall–Kier alpha value is -3.69. The molecule has 9 heteroatoms. The molecule has 0 bridgehead atoms. The number of rotatable bonds is 11. The number of hydrogen-bond acceptors (Lipinski definition) is 7. The van der Waals surface area contributed by atoms with E-state index in [-0.39, 0.29) is 19.1 Å². The van der Waals surface area contributed by atoms with Gasteiger partial charge < -0.3 is 14.6 Å². The number of allylic oxidation sites excluding steroid dienone is 1. The van der Waals surface area contributed by atoms with E-state index in [1.807, 2.05) is 6.92 Å². The molecule has 2 atom stereocenters. The van der Waals surface area contributed by atoms with Crippen molar-refractivity contribution in [3.63, 3.8) is 0 Å². The number of nitrogens with one attached hydrogen (secondary N) is 2. The first-order valence-corrected chi connectivity index (χ1v) is 10.5. The Morgan fingerprint density at radius 3 is 2.55 bits per heavy atom. The minimum absolute atomic E-state index is 0.119. The summed E-state index contributed by atoms with van der Waals surface area (Å²) in [4.78, 5) is 35.9. The average Bonchev–Trinajstić information content (AvgIpc) is 2.84. The van der Waals surface area contributed by atoms with Crippen LogP contribution in [-0.4, -0.2) is 41.4 Å². The Morgan fingerprint density at radius 1 is 1.09 bits per heavy atom. The molecule has 2 rings (SSSR count). The third-order valence-electron chi connectivity index (χ3n) is 4.72. The highest BCUT2D eigenvalue weighted by Crippen LogP contribution is 2.31. The van der Waals surface area contributed by atoms with Crippen LogP contribution in [0, 0.1) is 5.92 Å². The van der Waals surface area contributed by atoms with Gasteiger partial charge in [0.25, 0.3) is 11.8 Å². The van der Waals surface area contributed by atoms with Crippen molar-refractivity contribution >= 4 is 17.9 Å². The largest absolute Gasteiger partial charge is 0.491 e. The summed E-state index contributed by atoms with van der Waals surface area (Å²) in [5, 5.41) is 19.8. The zero-order valence-electron chi connectivity index (χ0n) is 18.3. The maximum Gasteiger partial charge on any atom is 0.414 e. The standard InChI is InChI=1S/C24H28N2O7/c1-17(8-5-6-13-21(28)26-31)22(19-11-7-12-20(16-19)32-15-14-27)33-24(30)25-23(29)18-9-3-2-4-10-18/h2-4,6-7,9-13,16-17,22,27,31H,5,8,14-15H2,1H3,(H,26,28)(H,25,29,30)/b13-6+/t17-,22+/m0/s1. The Morgan fingerprint density at radius 2 is 1.85 bits per heavy atom. The van der Waals surface area contributed by atoms with Crippen LogP contribution < -0.4 is 15.5 Å². The van der Waals surface area contributed by atoms with Crippen LogP contribution in [0.15, 0.2) is 66.7 Å². The lowest BCUT2D eigenvalue weighted by Crippen LogP contribution is -2.33. The van der Waals surface area contributed by atoms with E-state index in [0.717, 1.165) is 0 Å². The summed E-state index contributed by atoms with van der Waals surface area (Å²) in [5.41, 5.74) is 2.49. The summed E-state index contributed by atoms with van der Waals surface area (Å²) < 4.78 is 11.1. The Kier molecular flexibility index (Phi) is 10.6. The van der Waals surface area contributed by atoms with Crippen LogP contribution in [0.1, 0.15) is 41.8 Å². The van der Waals surface area contributed by atoms with E-state index in [2.05, 4.69) is 5.32 Å². The van der Waals surface area contributed by atoms with Gasteiger partial charge in [-0.3, -0.25) is 20.1 Å². The third kappa shape index (κ3) is 8.76. The summed E-state index contributed by atoms with van der Waals surface area (Å²) in [6.07, 6.45) is 2.22. The molecule has 3 amide bonds.